The van der Waals surface area contributed by atoms with Gasteiger partial charge in [-0.1, -0.05) is 18.2 Å². The van der Waals surface area contributed by atoms with Crippen molar-refractivity contribution in [3.63, 3.8) is 0 Å². The Kier molecular flexibility index (Phi) is 3.53. The van der Waals surface area contributed by atoms with Crippen LogP contribution < -0.4 is 10.6 Å². The van der Waals surface area contributed by atoms with Gasteiger partial charge in [0.25, 0.3) is 0 Å². The average molecular weight is 260 g/mol. The van der Waals surface area contributed by atoms with E-state index in [0.717, 1.165) is 24.1 Å². The fourth-order valence-electron chi connectivity index (χ4n) is 3.26. The summed E-state index contributed by atoms with van der Waals surface area (Å²) in [5.41, 5.74) is 1.89. The maximum Gasteiger partial charge on any atom is 0.229 e. The van der Waals surface area contributed by atoms with E-state index in [1.165, 1.54) is 6.42 Å². The summed E-state index contributed by atoms with van der Waals surface area (Å²) in [5, 5.41) is 6.56. The van der Waals surface area contributed by atoms with Gasteiger partial charge in [0.15, 0.2) is 0 Å². The van der Waals surface area contributed by atoms with Crippen molar-refractivity contribution in [1.29, 1.82) is 0 Å². The van der Waals surface area contributed by atoms with E-state index in [1.807, 2.05) is 24.3 Å². The lowest BCUT2D eigenvalue weighted by atomic mass is 9.88. The Morgan fingerprint density at radius 1 is 1.42 bits per heavy atom. The first-order valence-corrected chi connectivity index (χ1v) is 6.91. The molecule has 2 N–H and O–H groups in total. The summed E-state index contributed by atoms with van der Waals surface area (Å²) in [6, 6.07) is 8.75. The molecule has 0 spiro atoms. The van der Waals surface area contributed by atoms with Gasteiger partial charge in [-0.2, -0.15) is 0 Å². The van der Waals surface area contributed by atoms with Crippen LogP contribution in [0.2, 0.25) is 0 Å². The molecule has 0 aromatic heterocycles. The number of anilines is 1. The van der Waals surface area contributed by atoms with Gasteiger partial charge in [0.1, 0.15) is 0 Å². The van der Waals surface area contributed by atoms with Gasteiger partial charge in [-0.15, -0.1) is 0 Å². The number of amides is 1. The minimum atomic E-state index is 0.120. The first-order chi connectivity index (χ1) is 9.28. The zero-order valence-electron chi connectivity index (χ0n) is 11.2. The summed E-state index contributed by atoms with van der Waals surface area (Å²) in [4.78, 5) is 12.4. The Morgan fingerprint density at radius 2 is 2.26 bits per heavy atom. The number of ether oxygens (including phenoxy) is 1. The quantitative estimate of drug-likeness (QED) is 0.869. The van der Waals surface area contributed by atoms with Gasteiger partial charge in [-0.05, 0) is 25.3 Å². The van der Waals surface area contributed by atoms with E-state index in [0.29, 0.717) is 18.7 Å². The molecule has 1 aromatic carbocycles. The topological polar surface area (TPSA) is 50.4 Å². The second kappa shape index (κ2) is 5.31. The van der Waals surface area contributed by atoms with Crippen LogP contribution in [0.3, 0.4) is 0 Å². The standard InChI is InChI=1S/C15H20N2O2/c1-19-9-10-4-2-3-5-13(10)17-15(18)12-8-11-6-7-14(12)16-11/h2-5,11-12,14,16H,6-9H2,1H3,(H,17,18). The molecule has 4 heteroatoms. The molecule has 3 unspecified atom stereocenters. The molecule has 1 aromatic rings. The van der Waals surface area contributed by atoms with E-state index in [1.54, 1.807) is 7.11 Å². The molecule has 2 aliphatic heterocycles. The number of hydrogen-bond donors (Lipinski definition) is 2. The van der Waals surface area contributed by atoms with E-state index >= 15 is 0 Å². The van der Waals surface area contributed by atoms with Crippen LogP contribution in [-0.2, 0) is 16.1 Å². The van der Waals surface area contributed by atoms with E-state index in [-0.39, 0.29) is 11.8 Å². The first-order valence-electron chi connectivity index (χ1n) is 6.91. The number of carbonyl (C=O) groups excluding carboxylic acids is 1. The Bertz CT molecular complexity index is 475. The summed E-state index contributed by atoms with van der Waals surface area (Å²) in [6.45, 7) is 0.519. The van der Waals surface area contributed by atoms with Gasteiger partial charge >= 0.3 is 0 Å². The van der Waals surface area contributed by atoms with Crippen molar-refractivity contribution in [3.05, 3.63) is 29.8 Å². The molecule has 0 radical (unpaired) electrons. The van der Waals surface area contributed by atoms with Crippen LogP contribution in [0.15, 0.2) is 24.3 Å². The van der Waals surface area contributed by atoms with E-state index in [4.69, 9.17) is 4.74 Å². The lowest BCUT2D eigenvalue weighted by Crippen LogP contribution is -2.33. The fourth-order valence-corrected chi connectivity index (χ4v) is 3.26. The minimum absolute atomic E-state index is 0.120. The van der Waals surface area contributed by atoms with Gasteiger partial charge in [0.05, 0.1) is 12.5 Å². The Labute approximate surface area is 113 Å². The van der Waals surface area contributed by atoms with Crippen molar-refractivity contribution >= 4 is 11.6 Å². The molecular formula is C15H20N2O2. The summed E-state index contributed by atoms with van der Waals surface area (Å²) in [5.74, 6) is 0.262. The lowest BCUT2D eigenvalue weighted by molar-refractivity contribution is -0.120. The van der Waals surface area contributed by atoms with Crippen LogP contribution >= 0.6 is 0 Å². The van der Waals surface area contributed by atoms with Crippen molar-refractivity contribution in [1.82, 2.24) is 5.32 Å². The molecule has 4 nitrogen and oxygen atoms in total. The van der Waals surface area contributed by atoms with E-state index < -0.39 is 0 Å². The molecule has 102 valence electrons. The highest BCUT2D eigenvalue weighted by atomic mass is 16.5. The van der Waals surface area contributed by atoms with Crippen molar-refractivity contribution < 1.29 is 9.53 Å². The normalized spacial score (nSPS) is 28.6. The summed E-state index contributed by atoms with van der Waals surface area (Å²) in [6.07, 6.45) is 3.32. The molecule has 0 saturated carbocycles. The number of para-hydroxylation sites is 1. The first kappa shape index (κ1) is 12.6. The van der Waals surface area contributed by atoms with E-state index in [2.05, 4.69) is 10.6 Å². The van der Waals surface area contributed by atoms with Crippen LogP contribution in [0.25, 0.3) is 0 Å². The number of benzene rings is 1. The van der Waals surface area contributed by atoms with Crippen molar-refractivity contribution in [3.8, 4) is 0 Å². The Hall–Kier alpha value is -1.39. The number of fused-ring (bicyclic) bond motifs is 2. The second-order valence-corrected chi connectivity index (χ2v) is 5.47. The molecule has 3 atom stereocenters. The van der Waals surface area contributed by atoms with Gasteiger partial charge in [-0.25, -0.2) is 0 Å². The minimum Gasteiger partial charge on any atom is -0.380 e. The molecule has 2 saturated heterocycles. The SMILES string of the molecule is COCc1ccccc1NC(=O)C1CC2CCC1N2. The maximum atomic E-state index is 12.4. The van der Waals surface area contributed by atoms with Crippen LogP contribution in [0, 0.1) is 5.92 Å². The summed E-state index contributed by atoms with van der Waals surface area (Å²) >= 11 is 0. The van der Waals surface area contributed by atoms with Gasteiger partial charge in [0, 0.05) is 30.4 Å². The number of methoxy groups -OCH3 is 1. The highest BCUT2D eigenvalue weighted by Crippen LogP contribution is 2.34. The molecule has 2 bridgehead atoms. The van der Waals surface area contributed by atoms with Gasteiger partial charge in [0.2, 0.25) is 5.91 Å². The van der Waals surface area contributed by atoms with Gasteiger partial charge < -0.3 is 15.4 Å². The van der Waals surface area contributed by atoms with Crippen molar-refractivity contribution in [2.45, 2.75) is 38.0 Å². The predicted octanol–water partition coefficient (Wildman–Crippen LogP) is 1.91. The molecular weight excluding hydrogens is 240 g/mol. The zero-order valence-corrected chi connectivity index (χ0v) is 11.2. The molecule has 2 aliphatic rings. The third-order valence-corrected chi connectivity index (χ3v) is 4.21. The Morgan fingerprint density at radius 3 is 2.95 bits per heavy atom. The monoisotopic (exact) mass is 260 g/mol. The van der Waals surface area contributed by atoms with Crippen molar-refractivity contribution in [2.75, 3.05) is 12.4 Å². The molecule has 2 heterocycles. The molecule has 2 fully saturated rings. The van der Waals surface area contributed by atoms with E-state index in [9.17, 15) is 4.79 Å². The molecule has 0 aliphatic carbocycles. The van der Waals surface area contributed by atoms with Crippen LogP contribution in [-0.4, -0.2) is 25.1 Å². The lowest BCUT2D eigenvalue weighted by Gasteiger charge is -2.20. The maximum absolute atomic E-state index is 12.4. The summed E-state index contributed by atoms with van der Waals surface area (Å²) < 4.78 is 5.16. The third kappa shape index (κ3) is 2.51. The predicted molar refractivity (Wildman–Crippen MR) is 73.8 cm³/mol. The zero-order chi connectivity index (χ0) is 13.2. The third-order valence-electron chi connectivity index (χ3n) is 4.21. The molecule has 1 amide bonds. The summed E-state index contributed by atoms with van der Waals surface area (Å²) in [7, 11) is 1.67. The molecule has 3 rings (SSSR count). The number of hydrogen-bond acceptors (Lipinski definition) is 3. The number of rotatable bonds is 4. The van der Waals surface area contributed by atoms with Crippen LogP contribution in [0.5, 0.6) is 0 Å². The highest BCUT2D eigenvalue weighted by molar-refractivity contribution is 5.94. The second-order valence-electron chi connectivity index (χ2n) is 5.47. The van der Waals surface area contributed by atoms with Crippen molar-refractivity contribution in [2.24, 2.45) is 5.92 Å². The highest BCUT2D eigenvalue weighted by Gasteiger charge is 2.42. The number of nitrogens with one attached hydrogen (secondary N) is 2. The fraction of sp³-hybridized carbons (Fsp3) is 0.533. The van der Waals surface area contributed by atoms with Crippen LogP contribution in [0.1, 0.15) is 24.8 Å². The smallest absolute Gasteiger partial charge is 0.229 e. The Balaban J connectivity index is 1.69. The average Bonchev–Trinajstić information content (AvgIpc) is 3.03. The van der Waals surface area contributed by atoms with Gasteiger partial charge in [-0.3, -0.25) is 4.79 Å². The number of carbonyl (C=O) groups is 1. The largest absolute Gasteiger partial charge is 0.380 e. The van der Waals surface area contributed by atoms with Crippen LogP contribution in [0.4, 0.5) is 5.69 Å². The molecule has 19 heavy (non-hydrogen) atoms.